The van der Waals surface area contributed by atoms with E-state index in [1.807, 2.05) is 0 Å². The minimum atomic E-state index is -4.55. The van der Waals surface area contributed by atoms with E-state index < -0.39 is 17.7 Å². The van der Waals surface area contributed by atoms with E-state index in [4.69, 9.17) is 16.7 Å². The quantitative estimate of drug-likeness (QED) is 0.912. The summed E-state index contributed by atoms with van der Waals surface area (Å²) in [6.45, 7) is 0. The first-order chi connectivity index (χ1) is 8.79. The van der Waals surface area contributed by atoms with Gasteiger partial charge in [0.05, 0.1) is 5.56 Å². The molecule has 2 rings (SSSR count). The van der Waals surface area contributed by atoms with Gasteiger partial charge in [-0.2, -0.15) is 13.2 Å². The predicted molar refractivity (Wildman–Crippen MR) is 62.7 cm³/mol. The molecule has 100 valence electrons. The molecular formula is C12H7ClF3NO2. The Hall–Kier alpha value is -1.95. The van der Waals surface area contributed by atoms with Gasteiger partial charge in [-0.1, -0.05) is 11.6 Å². The van der Waals surface area contributed by atoms with Crippen LogP contribution in [0.1, 0.15) is 16.1 Å². The van der Waals surface area contributed by atoms with E-state index in [2.05, 4.69) is 0 Å². The van der Waals surface area contributed by atoms with Crippen molar-refractivity contribution in [3.05, 3.63) is 52.8 Å². The maximum atomic E-state index is 12.7. The molecule has 0 aliphatic rings. The summed E-state index contributed by atoms with van der Waals surface area (Å²) in [5, 5.41) is 8.82. The molecule has 1 aromatic carbocycles. The van der Waals surface area contributed by atoms with Gasteiger partial charge in [-0.05, 0) is 30.3 Å². The number of aromatic nitrogens is 1. The van der Waals surface area contributed by atoms with E-state index in [0.717, 1.165) is 16.7 Å². The number of carboxylic acid groups (broad SMARTS) is 1. The van der Waals surface area contributed by atoms with Gasteiger partial charge in [0, 0.05) is 16.9 Å². The highest BCUT2D eigenvalue weighted by Crippen LogP contribution is 2.33. The molecule has 0 spiro atoms. The molecule has 7 heteroatoms. The number of hydrogen-bond acceptors (Lipinski definition) is 1. The molecule has 3 nitrogen and oxygen atoms in total. The first kappa shape index (κ1) is 13.5. The highest BCUT2D eigenvalue weighted by atomic mass is 35.5. The lowest BCUT2D eigenvalue weighted by molar-refractivity contribution is -0.137. The van der Waals surface area contributed by atoms with Crippen LogP contribution in [0, 0.1) is 0 Å². The van der Waals surface area contributed by atoms with E-state index in [0.29, 0.717) is 0 Å². The van der Waals surface area contributed by atoms with Crippen molar-refractivity contribution in [3.8, 4) is 5.69 Å². The molecule has 0 bridgehead atoms. The number of nitrogens with zero attached hydrogens (tertiary/aromatic N) is 1. The van der Waals surface area contributed by atoms with Gasteiger partial charge in [0.15, 0.2) is 0 Å². The van der Waals surface area contributed by atoms with Crippen molar-refractivity contribution in [1.82, 2.24) is 4.57 Å². The molecule has 1 N–H and O–H groups in total. The first-order valence-corrected chi connectivity index (χ1v) is 5.45. The van der Waals surface area contributed by atoms with Crippen molar-refractivity contribution in [1.29, 1.82) is 0 Å². The van der Waals surface area contributed by atoms with Crippen molar-refractivity contribution in [2.24, 2.45) is 0 Å². The summed E-state index contributed by atoms with van der Waals surface area (Å²) in [5.41, 5.74) is -1.03. The molecule has 0 fully saturated rings. The summed E-state index contributed by atoms with van der Waals surface area (Å²) in [7, 11) is 0. The Bertz CT molecular complexity index is 634. The Morgan fingerprint density at radius 1 is 1.26 bits per heavy atom. The maximum Gasteiger partial charge on any atom is 0.416 e. The molecule has 0 aliphatic carbocycles. The molecule has 0 radical (unpaired) electrons. The minimum absolute atomic E-state index is 0.0437. The summed E-state index contributed by atoms with van der Waals surface area (Å²) in [5.74, 6) is -1.24. The van der Waals surface area contributed by atoms with Gasteiger partial charge in [-0.15, -0.1) is 0 Å². The number of rotatable bonds is 2. The molecule has 0 saturated heterocycles. The van der Waals surface area contributed by atoms with E-state index in [-0.39, 0.29) is 16.4 Å². The summed E-state index contributed by atoms with van der Waals surface area (Å²) in [4.78, 5) is 10.9. The Morgan fingerprint density at radius 2 is 1.95 bits per heavy atom. The van der Waals surface area contributed by atoms with Crippen molar-refractivity contribution < 1.29 is 23.1 Å². The largest absolute Gasteiger partial charge is 0.477 e. The SMILES string of the molecule is O=C(O)c1cccn1-c1cc(Cl)cc(C(F)(F)F)c1. The number of aromatic carboxylic acids is 1. The minimum Gasteiger partial charge on any atom is -0.477 e. The first-order valence-electron chi connectivity index (χ1n) is 5.08. The second-order valence-corrected chi connectivity index (χ2v) is 4.20. The van der Waals surface area contributed by atoms with Crippen molar-refractivity contribution in [3.63, 3.8) is 0 Å². The van der Waals surface area contributed by atoms with Crippen LogP contribution in [0.25, 0.3) is 5.69 Å². The van der Waals surface area contributed by atoms with Crippen LogP contribution in [0.4, 0.5) is 13.2 Å². The molecule has 2 aromatic rings. The zero-order valence-electron chi connectivity index (χ0n) is 9.28. The zero-order chi connectivity index (χ0) is 14.2. The zero-order valence-corrected chi connectivity index (χ0v) is 10.0. The van der Waals surface area contributed by atoms with Gasteiger partial charge >= 0.3 is 12.1 Å². The lowest BCUT2D eigenvalue weighted by atomic mass is 10.2. The average Bonchev–Trinajstić information content (AvgIpc) is 2.75. The summed E-state index contributed by atoms with van der Waals surface area (Å²) in [6, 6.07) is 5.62. The van der Waals surface area contributed by atoms with Crippen LogP contribution in [0.5, 0.6) is 0 Å². The van der Waals surface area contributed by atoms with Crippen LogP contribution in [0.3, 0.4) is 0 Å². The summed E-state index contributed by atoms with van der Waals surface area (Å²) in [6.07, 6.45) is -3.19. The van der Waals surface area contributed by atoms with E-state index in [9.17, 15) is 18.0 Å². The average molecular weight is 290 g/mol. The van der Waals surface area contributed by atoms with Crippen LogP contribution in [0.2, 0.25) is 5.02 Å². The number of carboxylic acids is 1. The van der Waals surface area contributed by atoms with Gasteiger partial charge < -0.3 is 9.67 Å². The number of carbonyl (C=O) groups is 1. The fraction of sp³-hybridized carbons (Fsp3) is 0.0833. The van der Waals surface area contributed by atoms with E-state index in [1.54, 1.807) is 0 Å². The monoisotopic (exact) mass is 289 g/mol. The third-order valence-electron chi connectivity index (χ3n) is 2.46. The normalized spacial score (nSPS) is 11.6. The summed E-state index contributed by atoms with van der Waals surface area (Å²) < 4.78 is 39.1. The van der Waals surface area contributed by atoms with E-state index >= 15 is 0 Å². The smallest absolute Gasteiger partial charge is 0.416 e. The number of halogens is 4. The highest BCUT2D eigenvalue weighted by molar-refractivity contribution is 6.30. The van der Waals surface area contributed by atoms with Gasteiger partial charge in [0.2, 0.25) is 0 Å². The summed E-state index contributed by atoms with van der Waals surface area (Å²) >= 11 is 5.64. The molecule has 0 atom stereocenters. The molecule has 0 saturated carbocycles. The van der Waals surface area contributed by atoms with Gasteiger partial charge in [0.25, 0.3) is 0 Å². The third kappa shape index (κ3) is 2.73. The molecule has 0 unspecified atom stereocenters. The lowest BCUT2D eigenvalue weighted by Crippen LogP contribution is -2.09. The van der Waals surface area contributed by atoms with Gasteiger partial charge in [-0.3, -0.25) is 0 Å². The topological polar surface area (TPSA) is 42.2 Å². The van der Waals surface area contributed by atoms with Crippen LogP contribution < -0.4 is 0 Å². The van der Waals surface area contributed by atoms with Crippen LogP contribution in [-0.2, 0) is 6.18 Å². The Labute approximate surface area is 110 Å². The molecule has 0 amide bonds. The second-order valence-electron chi connectivity index (χ2n) is 3.76. The Kier molecular flexibility index (Phi) is 3.28. The molecule has 1 aromatic heterocycles. The lowest BCUT2D eigenvalue weighted by Gasteiger charge is -2.12. The van der Waals surface area contributed by atoms with Gasteiger partial charge in [-0.25, -0.2) is 4.79 Å². The number of benzene rings is 1. The number of hydrogen-bond donors (Lipinski definition) is 1. The van der Waals surface area contributed by atoms with Crippen molar-refractivity contribution in [2.75, 3.05) is 0 Å². The Balaban J connectivity index is 2.60. The van der Waals surface area contributed by atoms with Crippen LogP contribution >= 0.6 is 11.6 Å². The Morgan fingerprint density at radius 3 is 2.53 bits per heavy atom. The van der Waals surface area contributed by atoms with Crippen LogP contribution in [-0.4, -0.2) is 15.6 Å². The van der Waals surface area contributed by atoms with Crippen molar-refractivity contribution >= 4 is 17.6 Å². The number of alkyl halides is 3. The molecular weight excluding hydrogens is 283 g/mol. The molecule has 0 aliphatic heterocycles. The highest BCUT2D eigenvalue weighted by Gasteiger charge is 2.31. The van der Waals surface area contributed by atoms with Crippen molar-refractivity contribution in [2.45, 2.75) is 6.18 Å². The third-order valence-corrected chi connectivity index (χ3v) is 2.67. The fourth-order valence-corrected chi connectivity index (χ4v) is 1.89. The van der Waals surface area contributed by atoms with Gasteiger partial charge in [0.1, 0.15) is 5.69 Å². The molecule has 1 heterocycles. The maximum absolute atomic E-state index is 12.7. The fourth-order valence-electron chi connectivity index (χ4n) is 1.66. The predicted octanol–water partition coefficient (Wildman–Crippen LogP) is 3.85. The van der Waals surface area contributed by atoms with Crippen LogP contribution in [0.15, 0.2) is 36.5 Å². The standard InChI is InChI=1S/C12H7ClF3NO2/c13-8-4-7(12(14,15)16)5-9(6-8)17-3-1-2-10(17)11(18)19/h1-6H,(H,18,19). The molecule has 19 heavy (non-hydrogen) atoms. The second kappa shape index (κ2) is 4.62. The van der Waals surface area contributed by atoms with E-state index in [1.165, 1.54) is 24.4 Å².